The minimum absolute atomic E-state index is 0.447. The smallest absolute Gasteiger partial charge is 0.345 e. The number of hydrogen-bond donors (Lipinski definition) is 0. The predicted octanol–water partition coefficient (Wildman–Crippen LogP) is 3.69. The fourth-order valence-corrected chi connectivity index (χ4v) is 2.55. The summed E-state index contributed by atoms with van der Waals surface area (Å²) in [5.74, 6) is -0.974. The van der Waals surface area contributed by atoms with E-state index in [0.717, 1.165) is 16.7 Å². The molecule has 0 unspecified atom stereocenters. The van der Waals surface area contributed by atoms with Crippen LogP contribution in [0.15, 0.2) is 66.4 Å². The van der Waals surface area contributed by atoms with Crippen LogP contribution in [0.25, 0.3) is 5.57 Å². The van der Waals surface area contributed by atoms with E-state index in [9.17, 15) is 0 Å². The molecule has 0 spiro atoms. The first-order valence-corrected chi connectivity index (χ1v) is 7.27. The Morgan fingerprint density at radius 1 is 0.652 bits per heavy atom. The molecule has 0 aliphatic rings. The molecule has 0 saturated heterocycles. The molecule has 0 N–H and O–H groups in total. The Morgan fingerprint density at radius 3 is 1.35 bits per heavy atom. The zero-order chi connectivity index (χ0) is 16.7. The quantitative estimate of drug-likeness (QED) is 0.577. The first-order chi connectivity index (χ1) is 11.2. The SMILES string of the molecule is COC(=C(c1ccccc1)c1ccccc1)C(OC)(OC)OC. The van der Waals surface area contributed by atoms with E-state index in [1.165, 1.54) is 21.3 Å². The van der Waals surface area contributed by atoms with Crippen LogP contribution in [-0.2, 0) is 18.9 Å². The summed E-state index contributed by atoms with van der Waals surface area (Å²) in [5.41, 5.74) is 2.80. The molecular formula is C19H22O4. The van der Waals surface area contributed by atoms with E-state index in [1.54, 1.807) is 7.11 Å². The van der Waals surface area contributed by atoms with Crippen molar-refractivity contribution in [3.63, 3.8) is 0 Å². The standard InChI is InChI=1S/C19H22O4/c1-20-18(19(21-2,22-3)23-4)17(15-11-7-5-8-12-15)16-13-9-6-10-14-16/h5-14H,1-4H3. The topological polar surface area (TPSA) is 36.9 Å². The fraction of sp³-hybridized carbons (Fsp3) is 0.263. The summed E-state index contributed by atoms with van der Waals surface area (Å²) in [6.07, 6.45) is 0. The molecule has 0 aromatic heterocycles. The van der Waals surface area contributed by atoms with Crippen molar-refractivity contribution < 1.29 is 18.9 Å². The Labute approximate surface area is 137 Å². The van der Waals surface area contributed by atoms with Crippen molar-refractivity contribution in [3.05, 3.63) is 77.5 Å². The third-order valence-electron chi connectivity index (χ3n) is 3.64. The minimum atomic E-state index is -1.42. The van der Waals surface area contributed by atoms with Gasteiger partial charge >= 0.3 is 5.97 Å². The lowest BCUT2D eigenvalue weighted by Gasteiger charge is -2.31. The monoisotopic (exact) mass is 314 g/mol. The summed E-state index contributed by atoms with van der Waals surface area (Å²) in [6, 6.07) is 19.8. The number of rotatable bonds is 7. The van der Waals surface area contributed by atoms with Crippen LogP contribution in [0, 0.1) is 0 Å². The van der Waals surface area contributed by atoms with Gasteiger partial charge in [0.25, 0.3) is 0 Å². The van der Waals surface area contributed by atoms with E-state index in [4.69, 9.17) is 18.9 Å². The molecule has 0 radical (unpaired) electrons. The van der Waals surface area contributed by atoms with Crippen molar-refractivity contribution >= 4 is 5.57 Å². The van der Waals surface area contributed by atoms with Gasteiger partial charge in [0.15, 0.2) is 5.76 Å². The van der Waals surface area contributed by atoms with Crippen molar-refractivity contribution in [1.29, 1.82) is 0 Å². The lowest BCUT2D eigenvalue weighted by atomic mass is 9.96. The van der Waals surface area contributed by atoms with Crippen LogP contribution in [0.3, 0.4) is 0 Å². The summed E-state index contributed by atoms with van der Waals surface area (Å²) >= 11 is 0. The second kappa shape index (κ2) is 7.92. The van der Waals surface area contributed by atoms with E-state index in [1.807, 2.05) is 60.7 Å². The molecule has 2 rings (SSSR count). The molecule has 23 heavy (non-hydrogen) atoms. The van der Waals surface area contributed by atoms with Crippen LogP contribution in [-0.4, -0.2) is 34.4 Å². The third-order valence-corrected chi connectivity index (χ3v) is 3.64. The van der Waals surface area contributed by atoms with Gasteiger partial charge in [-0.2, -0.15) is 0 Å². The second-order valence-electron chi connectivity index (χ2n) is 4.81. The summed E-state index contributed by atoms with van der Waals surface area (Å²) < 4.78 is 22.1. The molecule has 0 bridgehead atoms. The maximum atomic E-state index is 5.66. The van der Waals surface area contributed by atoms with Crippen molar-refractivity contribution in [2.45, 2.75) is 5.97 Å². The van der Waals surface area contributed by atoms with Crippen LogP contribution in [0.5, 0.6) is 0 Å². The molecule has 0 saturated carbocycles. The second-order valence-corrected chi connectivity index (χ2v) is 4.81. The lowest BCUT2D eigenvalue weighted by molar-refractivity contribution is -0.340. The number of methoxy groups -OCH3 is 4. The molecule has 0 heterocycles. The molecule has 4 nitrogen and oxygen atoms in total. The lowest BCUT2D eigenvalue weighted by Crippen LogP contribution is -2.39. The normalized spacial score (nSPS) is 11.1. The minimum Gasteiger partial charge on any atom is -0.492 e. The van der Waals surface area contributed by atoms with Gasteiger partial charge in [-0.3, -0.25) is 0 Å². The zero-order valence-electron chi connectivity index (χ0n) is 13.9. The largest absolute Gasteiger partial charge is 0.492 e. The first-order valence-electron chi connectivity index (χ1n) is 7.27. The Hall–Kier alpha value is -2.14. The summed E-state index contributed by atoms with van der Waals surface area (Å²) in [6.45, 7) is 0. The van der Waals surface area contributed by atoms with Gasteiger partial charge in [-0.1, -0.05) is 60.7 Å². The zero-order valence-corrected chi connectivity index (χ0v) is 13.9. The van der Waals surface area contributed by atoms with Gasteiger partial charge in [0.05, 0.1) is 7.11 Å². The Balaban J connectivity index is 2.77. The van der Waals surface area contributed by atoms with Crippen LogP contribution < -0.4 is 0 Å². The highest BCUT2D eigenvalue weighted by atomic mass is 16.9. The molecule has 4 heteroatoms. The number of hydrogen-bond acceptors (Lipinski definition) is 4. The van der Waals surface area contributed by atoms with Gasteiger partial charge in [0.2, 0.25) is 0 Å². The van der Waals surface area contributed by atoms with Crippen molar-refractivity contribution in [2.75, 3.05) is 28.4 Å². The number of benzene rings is 2. The Bertz CT molecular complexity index is 581. The fourth-order valence-electron chi connectivity index (χ4n) is 2.55. The Morgan fingerprint density at radius 2 is 1.04 bits per heavy atom. The molecule has 0 fully saturated rings. The molecular weight excluding hydrogens is 292 g/mol. The molecule has 0 amide bonds. The van der Waals surface area contributed by atoms with Gasteiger partial charge < -0.3 is 18.9 Å². The molecule has 2 aromatic carbocycles. The van der Waals surface area contributed by atoms with E-state index in [0.29, 0.717) is 5.76 Å². The van der Waals surface area contributed by atoms with Gasteiger partial charge in [0, 0.05) is 26.9 Å². The Kier molecular flexibility index (Phi) is 5.93. The van der Waals surface area contributed by atoms with E-state index in [2.05, 4.69) is 0 Å². The van der Waals surface area contributed by atoms with Crippen LogP contribution in [0.1, 0.15) is 11.1 Å². The molecule has 0 atom stereocenters. The van der Waals surface area contributed by atoms with E-state index >= 15 is 0 Å². The molecule has 2 aromatic rings. The highest BCUT2D eigenvalue weighted by Gasteiger charge is 2.39. The van der Waals surface area contributed by atoms with Crippen molar-refractivity contribution in [1.82, 2.24) is 0 Å². The third kappa shape index (κ3) is 3.45. The predicted molar refractivity (Wildman–Crippen MR) is 89.7 cm³/mol. The molecule has 122 valence electrons. The molecule has 0 aliphatic heterocycles. The molecule has 0 aliphatic carbocycles. The van der Waals surface area contributed by atoms with E-state index in [-0.39, 0.29) is 0 Å². The number of ether oxygens (including phenoxy) is 4. The highest BCUT2D eigenvalue weighted by molar-refractivity contribution is 5.81. The maximum Gasteiger partial charge on any atom is 0.345 e. The van der Waals surface area contributed by atoms with Crippen LogP contribution >= 0.6 is 0 Å². The van der Waals surface area contributed by atoms with Gasteiger partial charge in [-0.05, 0) is 11.1 Å². The van der Waals surface area contributed by atoms with Crippen molar-refractivity contribution in [2.24, 2.45) is 0 Å². The van der Waals surface area contributed by atoms with Gasteiger partial charge in [-0.25, -0.2) is 0 Å². The average molecular weight is 314 g/mol. The van der Waals surface area contributed by atoms with Crippen molar-refractivity contribution in [3.8, 4) is 0 Å². The van der Waals surface area contributed by atoms with Crippen LogP contribution in [0.4, 0.5) is 0 Å². The van der Waals surface area contributed by atoms with E-state index < -0.39 is 5.97 Å². The van der Waals surface area contributed by atoms with Gasteiger partial charge in [-0.15, -0.1) is 0 Å². The maximum absolute atomic E-state index is 5.66. The van der Waals surface area contributed by atoms with Gasteiger partial charge in [0.1, 0.15) is 0 Å². The van der Waals surface area contributed by atoms with Crippen LogP contribution in [0.2, 0.25) is 0 Å². The highest BCUT2D eigenvalue weighted by Crippen LogP contribution is 2.35. The summed E-state index contributed by atoms with van der Waals surface area (Å²) in [5, 5.41) is 0. The summed E-state index contributed by atoms with van der Waals surface area (Å²) in [7, 11) is 6.12. The first kappa shape index (κ1) is 17.2. The summed E-state index contributed by atoms with van der Waals surface area (Å²) in [4.78, 5) is 0. The average Bonchev–Trinajstić information content (AvgIpc) is 2.64.